The molecule has 0 heterocycles. The summed E-state index contributed by atoms with van der Waals surface area (Å²) in [6.45, 7) is 6.91. The Bertz CT molecular complexity index is 1790. The first-order chi connectivity index (χ1) is 41.9. The van der Waals surface area contributed by atoms with Crippen LogP contribution < -0.4 is 5.32 Å². The standard InChI is InChI=1S/C76H137N2O7P/c1-7-10-13-16-19-22-25-28-30-32-34-36-37-38-39-40-41-43-45-47-49-51-54-57-60-63-66-69-76(80)85-74(67-64-61-58-55-52-27-24-21-18-15-12-9-3)73(72-84-86(81,82)83-71-70-78(4,5)6)77-75(79)68-65-62-59-56-53-50-48-46-44-42-35-33-31-29-26-23-20-17-14-11-8-2/h10,13,19,22,28-31,34,36,38-39,41,43,64,67,73-74H,7-9,11-12,14-18,20-21,23-27,32-33,35,37,40,42,44-63,65-66,68-72H2,1-6H3,(H-,77,79,81,82)/p+1/b13-10-,22-19-,30-28-,31-29+,36-34-,39-38-,43-41-,67-64-. The fourth-order valence-electron chi connectivity index (χ4n) is 10.2. The summed E-state index contributed by atoms with van der Waals surface area (Å²) in [5.74, 6) is -0.510. The van der Waals surface area contributed by atoms with E-state index in [2.05, 4.69) is 111 Å². The number of phosphoric ester groups is 1. The molecule has 0 aromatic rings. The molecule has 86 heavy (non-hydrogen) atoms. The molecule has 498 valence electrons. The highest BCUT2D eigenvalue weighted by Gasteiger charge is 2.30. The second-order valence-corrected chi connectivity index (χ2v) is 26.8. The number of phosphoric acid groups is 1. The first-order valence-corrected chi connectivity index (χ1v) is 37.6. The van der Waals surface area contributed by atoms with Gasteiger partial charge < -0.3 is 19.4 Å². The number of likely N-dealkylation sites (N-methyl/N-ethyl adjacent to an activating group) is 1. The Kier molecular flexibility index (Phi) is 62.6. The largest absolute Gasteiger partial charge is 0.472 e. The van der Waals surface area contributed by atoms with Gasteiger partial charge in [-0.25, -0.2) is 4.57 Å². The zero-order chi connectivity index (χ0) is 62.8. The van der Waals surface area contributed by atoms with Crippen molar-refractivity contribution in [3.63, 3.8) is 0 Å². The monoisotopic (exact) mass is 1220 g/mol. The third-order valence-corrected chi connectivity index (χ3v) is 16.7. The van der Waals surface area contributed by atoms with Crippen LogP contribution in [0.4, 0.5) is 0 Å². The van der Waals surface area contributed by atoms with Gasteiger partial charge >= 0.3 is 13.8 Å². The highest BCUT2D eigenvalue weighted by molar-refractivity contribution is 7.47. The van der Waals surface area contributed by atoms with Crippen LogP contribution in [0.1, 0.15) is 323 Å². The van der Waals surface area contributed by atoms with Crippen molar-refractivity contribution in [1.82, 2.24) is 5.32 Å². The molecule has 0 aliphatic rings. The lowest BCUT2D eigenvalue weighted by Gasteiger charge is -2.27. The van der Waals surface area contributed by atoms with E-state index < -0.39 is 20.0 Å². The molecule has 10 heteroatoms. The highest BCUT2D eigenvalue weighted by atomic mass is 31.2. The number of hydrogen-bond donors (Lipinski definition) is 2. The summed E-state index contributed by atoms with van der Waals surface area (Å²) in [7, 11) is 1.49. The second kappa shape index (κ2) is 64.9. The minimum absolute atomic E-state index is 0.0357. The van der Waals surface area contributed by atoms with Crippen LogP contribution >= 0.6 is 7.82 Å². The molecule has 0 bridgehead atoms. The van der Waals surface area contributed by atoms with Gasteiger partial charge in [-0.3, -0.25) is 18.6 Å². The van der Waals surface area contributed by atoms with Gasteiger partial charge in [0.15, 0.2) is 0 Å². The van der Waals surface area contributed by atoms with Crippen LogP contribution in [0, 0.1) is 0 Å². The Labute approximate surface area is 532 Å². The van der Waals surface area contributed by atoms with E-state index in [9.17, 15) is 19.0 Å². The summed E-state index contributed by atoms with van der Waals surface area (Å²) in [4.78, 5) is 37.9. The molecule has 1 amide bonds. The van der Waals surface area contributed by atoms with Crippen LogP contribution in [0.25, 0.3) is 0 Å². The van der Waals surface area contributed by atoms with Crippen molar-refractivity contribution in [1.29, 1.82) is 0 Å². The predicted molar refractivity (Wildman–Crippen MR) is 374 cm³/mol. The number of rotatable bonds is 65. The molecule has 3 unspecified atom stereocenters. The number of nitrogens with one attached hydrogen (secondary N) is 1. The normalized spacial score (nSPS) is 14.1. The predicted octanol–water partition coefficient (Wildman–Crippen LogP) is 23.1. The first kappa shape index (κ1) is 82.9. The first-order valence-electron chi connectivity index (χ1n) is 36.1. The number of carbonyl (C=O) groups excluding carboxylic acids is 2. The van der Waals surface area contributed by atoms with E-state index >= 15 is 0 Å². The number of unbranched alkanes of at least 4 members (excludes halogenated alkanes) is 35. The Morgan fingerprint density at radius 1 is 0.419 bits per heavy atom. The molecule has 0 aromatic heterocycles. The molecular weight excluding hydrogens is 1080 g/mol. The summed E-state index contributed by atoms with van der Waals surface area (Å²) in [6.07, 6.45) is 88.4. The third-order valence-electron chi connectivity index (χ3n) is 15.8. The van der Waals surface area contributed by atoms with Gasteiger partial charge in [-0.1, -0.05) is 298 Å². The van der Waals surface area contributed by atoms with E-state index in [1.165, 1.54) is 180 Å². The number of quaternary nitrogens is 1. The number of ether oxygens (including phenoxy) is 1. The van der Waals surface area contributed by atoms with Gasteiger partial charge in [-0.15, -0.1) is 0 Å². The smallest absolute Gasteiger partial charge is 0.456 e. The molecule has 0 aliphatic heterocycles. The van der Waals surface area contributed by atoms with E-state index in [0.29, 0.717) is 17.4 Å². The van der Waals surface area contributed by atoms with Crippen LogP contribution in [0.15, 0.2) is 97.2 Å². The van der Waals surface area contributed by atoms with Crippen molar-refractivity contribution in [2.24, 2.45) is 0 Å². The Balaban J connectivity index is 5.08. The summed E-state index contributed by atoms with van der Waals surface area (Å²) >= 11 is 0. The highest BCUT2D eigenvalue weighted by Crippen LogP contribution is 2.43. The Hall–Kier alpha value is -3.07. The number of esters is 1. The Morgan fingerprint density at radius 2 is 0.744 bits per heavy atom. The van der Waals surface area contributed by atoms with Crippen molar-refractivity contribution < 1.29 is 37.3 Å². The SMILES string of the molecule is CC/C=C\C/C=C\C/C=C\C/C=C\C/C=C\C/C=C\CCCCCCCCCCC(=O)OC(/C=C\CCCCCCCCCCCC)C(COP(=O)(O)OCC[N+](C)(C)C)NC(=O)CCCCCCCCCCCCC/C=C/CCCCCCCC. The van der Waals surface area contributed by atoms with Crippen LogP contribution in [-0.4, -0.2) is 74.3 Å². The molecule has 2 N–H and O–H groups in total. The van der Waals surface area contributed by atoms with Gasteiger partial charge in [-0.2, -0.15) is 0 Å². The minimum atomic E-state index is -4.46. The van der Waals surface area contributed by atoms with Crippen LogP contribution in [0.5, 0.6) is 0 Å². The van der Waals surface area contributed by atoms with Gasteiger partial charge in [-0.05, 0) is 109 Å². The molecule has 0 saturated heterocycles. The zero-order valence-corrected chi connectivity index (χ0v) is 57.9. The molecule has 3 atom stereocenters. The lowest BCUT2D eigenvalue weighted by Crippen LogP contribution is -2.47. The maximum atomic E-state index is 13.6. The number of carbonyl (C=O) groups is 2. The Morgan fingerprint density at radius 3 is 1.13 bits per heavy atom. The summed E-state index contributed by atoms with van der Waals surface area (Å²) in [5.41, 5.74) is 0. The van der Waals surface area contributed by atoms with E-state index in [1.807, 2.05) is 33.3 Å². The lowest BCUT2D eigenvalue weighted by atomic mass is 10.0. The van der Waals surface area contributed by atoms with Crippen LogP contribution in [-0.2, 0) is 27.9 Å². The number of nitrogens with zero attached hydrogens (tertiary/aromatic N) is 1. The van der Waals surface area contributed by atoms with Crippen molar-refractivity contribution in [3.05, 3.63) is 97.2 Å². The molecule has 0 radical (unpaired) electrons. The average Bonchev–Trinajstić information content (AvgIpc) is 3.65. The molecule has 0 rings (SSSR count). The molecular formula is C76H138N2O7P+. The molecule has 0 aromatic carbocycles. The molecule has 0 saturated carbocycles. The molecule has 0 fully saturated rings. The molecule has 0 spiro atoms. The zero-order valence-electron chi connectivity index (χ0n) is 57.0. The van der Waals surface area contributed by atoms with Gasteiger partial charge in [0.1, 0.15) is 19.3 Å². The fraction of sp³-hybridized carbons (Fsp3) is 0.763. The minimum Gasteiger partial charge on any atom is -0.456 e. The maximum absolute atomic E-state index is 13.6. The summed E-state index contributed by atoms with van der Waals surface area (Å²) < 4.78 is 30.8. The lowest BCUT2D eigenvalue weighted by molar-refractivity contribution is -0.870. The van der Waals surface area contributed by atoms with Gasteiger partial charge in [0.05, 0.1) is 33.8 Å². The molecule has 9 nitrogen and oxygen atoms in total. The van der Waals surface area contributed by atoms with Gasteiger partial charge in [0, 0.05) is 12.8 Å². The average molecular weight is 1220 g/mol. The van der Waals surface area contributed by atoms with Crippen molar-refractivity contribution in [3.8, 4) is 0 Å². The van der Waals surface area contributed by atoms with Crippen LogP contribution in [0.3, 0.4) is 0 Å². The fourth-order valence-corrected chi connectivity index (χ4v) is 11.0. The maximum Gasteiger partial charge on any atom is 0.472 e. The number of allylic oxidation sites excluding steroid dienone is 15. The second-order valence-electron chi connectivity index (χ2n) is 25.4. The summed E-state index contributed by atoms with van der Waals surface area (Å²) in [5, 5.41) is 3.07. The summed E-state index contributed by atoms with van der Waals surface area (Å²) in [6, 6.07) is -0.858. The van der Waals surface area contributed by atoms with E-state index in [1.54, 1.807) is 0 Å². The van der Waals surface area contributed by atoms with Crippen molar-refractivity contribution in [2.45, 2.75) is 335 Å². The van der Waals surface area contributed by atoms with Crippen molar-refractivity contribution in [2.75, 3.05) is 40.9 Å². The molecule has 0 aliphatic carbocycles. The van der Waals surface area contributed by atoms with Gasteiger partial charge in [0.25, 0.3) is 0 Å². The topological polar surface area (TPSA) is 111 Å². The van der Waals surface area contributed by atoms with Crippen molar-refractivity contribution >= 4 is 19.7 Å². The van der Waals surface area contributed by atoms with Crippen LogP contribution in [0.2, 0.25) is 0 Å². The number of hydrogen-bond acceptors (Lipinski definition) is 6. The van der Waals surface area contributed by atoms with E-state index in [0.717, 1.165) is 109 Å². The van der Waals surface area contributed by atoms with E-state index in [-0.39, 0.29) is 31.5 Å². The van der Waals surface area contributed by atoms with Gasteiger partial charge in [0.2, 0.25) is 5.91 Å². The quantitative estimate of drug-likeness (QED) is 0.0205. The third kappa shape index (κ3) is 65.4. The number of amides is 1. The van der Waals surface area contributed by atoms with E-state index in [4.69, 9.17) is 13.8 Å².